The summed E-state index contributed by atoms with van der Waals surface area (Å²) in [7, 11) is 0. The van der Waals surface area contributed by atoms with E-state index in [4.69, 9.17) is 0 Å². The molecule has 2 atom stereocenters. The number of nitrogens with one attached hydrogen (secondary N) is 2. The van der Waals surface area contributed by atoms with Gasteiger partial charge in [0.2, 0.25) is 5.91 Å². The Hall–Kier alpha value is -2.83. The van der Waals surface area contributed by atoms with Gasteiger partial charge in [0.05, 0.1) is 5.69 Å². The van der Waals surface area contributed by atoms with E-state index in [0.29, 0.717) is 25.9 Å². The van der Waals surface area contributed by atoms with Crippen LogP contribution in [0.25, 0.3) is 10.9 Å². The maximum Gasteiger partial charge on any atom is 0.328 e. The Bertz CT molecular complexity index is 1040. The number of aromatic nitrogens is 1. The van der Waals surface area contributed by atoms with Gasteiger partial charge in [-0.15, -0.1) is 0 Å². The largest absolute Gasteiger partial charge is 0.356 e. The van der Waals surface area contributed by atoms with Gasteiger partial charge in [-0.3, -0.25) is 9.59 Å². The zero-order chi connectivity index (χ0) is 23.0. The molecule has 2 aliphatic heterocycles. The van der Waals surface area contributed by atoms with Crippen LogP contribution >= 0.6 is 0 Å². The van der Waals surface area contributed by atoms with Gasteiger partial charge in [-0.2, -0.15) is 0 Å². The maximum atomic E-state index is 13.9. The minimum absolute atomic E-state index is 0.163. The molecule has 32 heavy (non-hydrogen) atoms. The number of urea groups is 1. The molecule has 1 saturated heterocycles. The van der Waals surface area contributed by atoms with Crippen molar-refractivity contribution in [3.8, 4) is 0 Å². The van der Waals surface area contributed by atoms with Crippen LogP contribution in [-0.4, -0.2) is 51.8 Å². The lowest BCUT2D eigenvalue weighted by Crippen LogP contribution is -2.51. The van der Waals surface area contributed by atoms with Crippen molar-refractivity contribution in [2.24, 2.45) is 5.92 Å². The molecular weight excluding hydrogens is 404 g/mol. The molecule has 1 fully saturated rings. The topological polar surface area (TPSA) is 85.5 Å². The number of carbonyl (C=O) groups is 3. The Kier molecular flexibility index (Phi) is 6.01. The summed E-state index contributed by atoms with van der Waals surface area (Å²) in [5.74, 6) is -0.391. The molecule has 0 aliphatic carbocycles. The molecule has 2 aliphatic rings. The van der Waals surface area contributed by atoms with Crippen molar-refractivity contribution in [1.82, 2.24) is 20.1 Å². The number of hydrogen-bond acceptors (Lipinski definition) is 3. The van der Waals surface area contributed by atoms with Crippen LogP contribution in [0.1, 0.15) is 64.6 Å². The van der Waals surface area contributed by atoms with Crippen molar-refractivity contribution in [2.75, 3.05) is 13.1 Å². The van der Waals surface area contributed by atoms with Gasteiger partial charge in [0.15, 0.2) is 5.54 Å². The van der Waals surface area contributed by atoms with Crippen LogP contribution in [0.15, 0.2) is 24.3 Å². The Morgan fingerprint density at radius 2 is 1.97 bits per heavy atom. The molecule has 172 valence electrons. The van der Waals surface area contributed by atoms with Crippen molar-refractivity contribution in [3.05, 3.63) is 35.5 Å². The highest BCUT2D eigenvalue weighted by Crippen LogP contribution is 2.44. The fourth-order valence-corrected chi connectivity index (χ4v) is 5.17. The average Bonchev–Trinajstić information content (AvgIpc) is 3.24. The minimum atomic E-state index is -1.12. The van der Waals surface area contributed by atoms with Gasteiger partial charge >= 0.3 is 6.03 Å². The van der Waals surface area contributed by atoms with E-state index < -0.39 is 11.6 Å². The summed E-state index contributed by atoms with van der Waals surface area (Å²) in [6.07, 6.45) is 4.11. The van der Waals surface area contributed by atoms with Crippen molar-refractivity contribution in [1.29, 1.82) is 0 Å². The SMILES string of the molecule is CCCCCNC(=O)[C@H](CC(C)C)N1C(=O)N2CCc3c([nH]c4ccccc34)[C@@]2(C)C1=O. The van der Waals surface area contributed by atoms with E-state index in [1.807, 2.05) is 45.0 Å². The van der Waals surface area contributed by atoms with Crippen molar-refractivity contribution in [3.63, 3.8) is 0 Å². The molecule has 0 radical (unpaired) electrons. The first-order chi connectivity index (χ1) is 15.3. The molecule has 1 aromatic heterocycles. The lowest BCUT2D eigenvalue weighted by Gasteiger charge is -2.36. The molecule has 3 heterocycles. The van der Waals surface area contributed by atoms with Crippen LogP contribution in [-0.2, 0) is 21.5 Å². The summed E-state index contributed by atoms with van der Waals surface area (Å²) >= 11 is 0. The number of benzene rings is 1. The number of fused-ring (bicyclic) bond motifs is 5. The number of hydrogen-bond donors (Lipinski definition) is 2. The summed E-state index contributed by atoms with van der Waals surface area (Å²) < 4.78 is 0. The highest BCUT2D eigenvalue weighted by molar-refractivity contribution is 6.11. The van der Waals surface area contributed by atoms with Gasteiger partial charge in [-0.25, -0.2) is 9.69 Å². The summed E-state index contributed by atoms with van der Waals surface area (Å²) in [5.41, 5.74) is 1.71. The Balaban J connectivity index is 1.69. The van der Waals surface area contributed by atoms with E-state index in [9.17, 15) is 14.4 Å². The number of aromatic amines is 1. The van der Waals surface area contributed by atoms with E-state index in [0.717, 1.165) is 41.4 Å². The number of nitrogens with zero attached hydrogens (tertiary/aromatic N) is 2. The number of rotatable bonds is 8. The quantitative estimate of drug-likeness (QED) is 0.484. The second-order valence-electron chi connectivity index (χ2n) is 9.60. The summed E-state index contributed by atoms with van der Waals surface area (Å²) in [6, 6.07) is 6.82. The van der Waals surface area contributed by atoms with E-state index >= 15 is 0 Å². The van der Waals surface area contributed by atoms with Gasteiger partial charge in [0.25, 0.3) is 5.91 Å². The predicted molar refractivity (Wildman–Crippen MR) is 124 cm³/mol. The molecule has 0 unspecified atom stereocenters. The minimum Gasteiger partial charge on any atom is -0.356 e. The highest BCUT2D eigenvalue weighted by Gasteiger charge is 2.60. The average molecular weight is 439 g/mol. The molecule has 0 saturated carbocycles. The number of carbonyl (C=O) groups excluding carboxylic acids is 3. The Morgan fingerprint density at radius 3 is 2.69 bits per heavy atom. The predicted octanol–water partition coefficient (Wildman–Crippen LogP) is 3.92. The molecule has 7 nitrogen and oxygen atoms in total. The summed E-state index contributed by atoms with van der Waals surface area (Å²) in [6.45, 7) is 8.95. The van der Waals surface area contributed by atoms with E-state index in [1.165, 1.54) is 4.90 Å². The summed E-state index contributed by atoms with van der Waals surface area (Å²) in [4.78, 5) is 46.8. The standard InChI is InChI=1S/C25H34N4O3/c1-5-6-9-13-26-22(30)20(15-16(2)3)29-23(31)25(4)21-18(12-14-28(25)24(29)32)17-10-7-8-11-19(17)27-21/h7-8,10-11,16,20,27H,5-6,9,12-15H2,1-4H3,(H,26,30)/t20-,25-/m0/s1. The normalized spacial score (nSPS) is 21.3. The first-order valence-electron chi connectivity index (χ1n) is 11.8. The third kappa shape index (κ3) is 3.48. The van der Waals surface area contributed by atoms with Crippen molar-refractivity contribution < 1.29 is 14.4 Å². The third-order valence-corrected chi connectivity index (χ3v) is 6.89. The monoisotopic (exact) mass is 438 g/mol. The summed E-state index contributed by atoms with van der Waals surface area (Å²) in [5, 5.41) is 4.06. The van der Waals surface area contributed by atoms with Crippen LogP contribution in [0.2, 0.25) is 0 Å². The first kappa shape index (κ1) is 22.4. The van der Waals surface area contributed by atoms with Crippen LogP contribution in [0.5, 0.6) is 0 Å². The van der Waals surface area contributed by atoms with Crippen LogP contribution in [0.4, 0.5) is 4.79 Å². The molecule has 4 rings (SSSR count). The van der Waals surface area contributed by atoms with E-state index in [-0.39, 0.29) is 23.8 Å². The number of H-pyrrole nitrogens is 1. The van der Waals surface area contributed by atoms with Crippen LogP contribution < -0.4 is 5.32 Å². The van der Waals surface area contributed by atoms with Gasteiger partial charge in [0, 0.05) is 24.0 Å². The molecule has 1 aromatic carbocycles. The zero-order valence-corrected chi connectivity index (χ0v) is 19.5. The fraction of sp³-hybridized carbons (Fsp3) is 0.560. The second kappa shape index (κ2) is 8.60. The third-order valence-electron chi connectivity index (χ3n) is 6.89. The lowest BCUT2D eigenvalue weighted by molar-refractivity contribution is -0.140. The number of unbranched alkanes of at least 4 members (excludes halogenated alkanes) is 2. The number of para-hydroxylation sites is 1. The van der Waals surface area contributed by atoms with Gasteiger partial charge < -0.3 is 15.2 Å². The number of imide groups is 1. The Labute approximate surface area is 189 Å². The van der Waals surface area contributed by atoms with E-state index in [1.54, 1.807) is 4.90 Å². The zero-order valence-electron chi connectivity index (χ0n) is 19.5. The molecule has 2 aromatic rings. The van der Waals surface area contributed by atoms with Gasteiger partial charge in [-0.05, 0) is 43.7 Å². The van der Waals surface area contributed by atoms with Crippen molar-refractivity contribution in [2.45, 2.75) is 71.4 Å². The molecule has 4 amide bonds. The van der Waals surface area contributed by atoms with Gasteiger partial charge in [-0.1, -0.05) is 51.8 Å². The van der Waals surface area contributed by atoms with Gasteiger partial charge in [0.1, 0.15) is 6.04 Å². The smallest absolute Gasteiger partial charge is 0.328 e. The second-order valence-corrected chi connectivity index (χ2v) is 9.60. The van der Waals surface area contributed by atoms with Crippen LogP contribution in [0, 0.1) is 5.92 Å². The van der Waals surface area contributed by atoms with Crippen LogP contribution in [0.3, 0.4) is 0 Å². The molecular formula is C25H34N4O3. The molecule has 7 heteroatoms. The number of amides is 4. The molecule has 0 spiro atoms. The van der Waals surface area contributed by atoms with Crippen molar-refractivity contribution >= 4 is 28.7 Å². The maximum absolute atomic E-state index is 13.9. The Morgan fingerprint density at radius 1 is 1.22 bits per heavy atom. The fourth-order valence-electron chi connectivity index (χ4n) is 5.17. The highest BCUT2D eigenvalue weighted by atomic mass is 16.2. The first-order valence-corrected chi connectivity index (χ1v) is 11.8. The molecule has 0 bridgehead atoms. The van der Waals surface area contributed by atoms with E-state index in [2.05, 4.69) is 17.2 Å². The lowest BCUT2D eigenvalue weighted by atomic mass is 9.87. The molecule has 2 N–H and O–H groups in total.